The van der Waals surface area contributed by atoms with E-state index in [0.717, 1.165) is 18.4 Å². The second-order valence-corrected chi connectivity index (χ2v) is 6.35. The minimum Gasteiger partial charge on any atom is -0.399 e. The predicted octanol–water partition coefficient (Wildman–Crippen LogP) is 3.09. The second kappa shape index (κ2) is 5.04. The number of anilines is 1. The topological polar surface area (TPSA) is 55.1 Å². The summed E-state index contributed by atoms with van der Waals surface area (Å²) in [5.41, 5.74) is 6.78. The average Bonchev–Trinajstić information content (AvgIpc) is 2.96. The SMILES string of the molecule is Nc1cc(Cl)cc(C(=O)NCC2CC3CCC2C3)c1. The van der Waals surface area contributed by atoms with Crippen LogP contribution in [0.1, 0.15) is 36.0 Å². The zero-order valence-corrected chi connectivity index (χ0v) is 11.6. The summed E-state index contributed by atoms with van der Waals surface area (Å²) in [4.78, 5) is 12.1. The lowest BCUT2D eigenvalue weighted by molar-refractivity contribution is 0.0942. The first-order valence-electron chi connectivity index (χ1n) is 6.96. The number of nitrogen functional groups attached to an aromatic ring is 1. The number of rotatable bonds is 3. The van der Waals surface area contributed by atoms with Crippen molar-refractivity contribution in [2.45, 2.75) is 25.7 Å². The lowest BCUT2D eigenvalue weighted by Crippen LogP contribution is -2.31. The van der Waals surface area contributed by atoms with Crippen molar-refractivity contribution < 1.29 is 4.79 Å². The van der Waals surface area contributed by atoms with Gasteiger partial charge in [-0.1, -0.05) is 18.0 Å². The van der Waals surface area contributed by atoms with Gasteiger partial charge >= 0.3 is 0 Å². The Bertz CT molecular complexity index is 483. The molecule has 2 fully saturated rings. The van der Waals surface area contributed by atoms with Crippen molar-refractivity contribution in [3.8, 4) is 0 Å². The summed E-state index contributed by atoms with van der Waals surface area (Å²) < 4.78 is 0. The zero-order valence-electron chi connectivity index (χ0n) is 10.9. The van der Waals surface area contributed by atoms with Gasteiger partial charge in [-0.15, -0.1) is 0 Å². The summed E-state index contributed by atoms with van der Waals surface area (Å²) in [5, 5.41) is 3.53. The van der Waals surface area contributed by atoms with Crippen LogP contribution in [-0.2, 0) is 0 Å². The Balaban J connectivity index is 1.59. The first kappa shape index (κ1) is 12.8. The molecular formula is C15H19ClN2O. The summed E-state index contributed by atoms with van der Waals surface area (Å²) in [6.07, 6.45) is 5.38. The molecule has 3 nitrogen and oxygen atoms in total. The number of amides is 1. The molecule has 0 aliphatic heterocycles. The molecule has 0 saturated heterocycles. The highest BCUT2D eigenvalue weighted by Crippen LogP contribution is 2.47. The normalized spacial score (nSPS) is 28.6. The van der Waals surface area contributed by atoms with Gasteiger partial charge in [0.05, 0.1) is 0 Å². The molecule has 0 spiro atoms. The van der Waals surface area contributed by atoms with Gasteiger partial charge in [-0.05, 0) is 55.2 Å². The first-order valence-corrected chi connectivity index (χ1v) is 7.34. The standard InChI is InChI=1S/C15H19ClN2O/c16-13-5-11(6-14(17)7-13)15(19)18-8-12-4-9-1-2-10(12)3-9/h5-7,9-10,12H,1-4,8,17H2,(H,18,19). The van der Waals surface area contributed by atoms with Crippen molar-refractivity contribution in [2.75, 3.05) is 12.3 Å². The van der Waals surface area contributed by atoms with Gasteiger partial charge in [0.1, 0.15) is 0 Å². The van der Waals surface area contributed by atoms with Crippen LogP contribution in [0.3, 0.4) is 0 Å². The minimum atomic E-state index is -0.0722. The fourth-order valence-corrected chi connectivity index (χ4v) is 3.94. The highest BCUT2D eigenvalue weighted by Gasteiger charge is 2.39. The molecule has 1 aromatic carbocycles. The quantitative estimate of drug-likeness (QED) is 0.835. The molecule has 4 heteroatoms. The first-order chi connectivity index (χ1) is 9.11. The van der Waals surface area contributed by atoms with Gasteiger partial charge in [0, 0.05) is 22.8 Å². The van der Waals surface area contributed by atoms with Crippen LogP contribution in [0.25, 0.3) is 0 Å². The van der Waals surface area contributed by atoms with E-state index in [1.807, 2.05) is 0 Å². The summed E-state index contributed by atoms with van der Waals surface area (Å²) >= 11 is 5.91. The maximum absolute atomic E-state index is 12.1. The van der Waals surface area contributed by atoms with E-state index in [1.54, 1.807) is 18.2 Å². The number of nitrogens with one attached hydrogen (secondary N) is 1. The van der Waals surface area contributed by atoms with Crippen LogP contribution < -0.4 is 11.1 Å². The number of carbonyl (C=O) groups is 1. The lowest BCUT2D eigenvalue weighted by atomic mass is 9.89. The number of benzene rings is 1. The molecule has 1 aromatic rings. The monoisotopic (exact) mass is 278 g/mol. The van der Waals surface area contributed by atoms with Crippen LogP contribution >= 0.6 is 11.6 Å². The Hall–Kier alpha value is -1.22. The van der Waals surface area contributed by atoms with Crippen LogP contribution in [0.2, 0.25) is 5.02 Å². The van der Waals surface area contributed by atoms with Crippen LogP contribution in [0, 0.1) is 17.8 Å². The van der Waals surface area contributed by atoms with Crippen molar-refractivity contribution in [3.05, 3.63) is 28.8 Å². The molecule has 0 aromatic heterocycles. The molecule has 2 saturated carbocycles. The third kappa shape index (κ3) is 2.71. The number of nitrogens with two attached hydrogens (primary N) is 1. The molecule has 102 valence electrons. The molecule has 0 heterocycles. The molecule has 2 aliphatic rings. The Morgan fingerprint density at radius 2 is 2.16 bits per heavy atom. The maximum Gasteiger partial charge on any atom is 0.251 e. The summed E-state index contributed by atoms with van der Waals surface area (Å²) in [5.74, 6) is 2.33. The molecule has 3 unspecified atom stereocenters. The van der Waals surface area contributed by atoms with E-state index in [0.29, 0.717) is 22.2 Å². The number of fused-ring (bicyclic) bond motifs is 2. The molecule has 0 radical (unpaired) electrons. The van der Waals surface area contributed by atoms with E-state index in [-0.39, 0.29) is 5.91 Å². The van der Waals surface area contributed by atoms with Crippen LogP contribution in [0.5, 0.6) is 0 Å². The third-order valence-corrected chi connectivity index (χ3v) is 4.81. The summed E-state index contributed by atoms with van der Waals surface area (Å²) in [7, 11) is 0. The van der Waals surface area contributed by atoms with Crippen molar-refractivity contribution >= 4 is 23.2 Å². The average molecular weight is 279 g/mol. The largest absolute Gasteiger partial charge is 0.399 e. The van der Waals surface area contributed by atoms with E-state index in [2.05, 4.69) is 5.32 Å². The number of hydrogen-bond donors (Lipinski definition) is 2. The van der Waals surface area contributed by atoms with Crippen molar-refractivity contribution in [1.82, 2.24) is 5.32 Å². The van der Waals surface area contributed by atoms with Crippen LogP contribution in [0.4, 0.5) is 5.69 Å². The molecule has 1 amide bonds. The Morgan fingerprint density at radius 3 is 2.79 bits per heavy atom. The predicted molar refractivity (Wildman–Crippen MR) is 77.1 cm³/mol. The summed E-state index contributed by atoms with van der Waals surface area (Å²) in [6, 6.07) is 4.98. The lowest BCUT2D eigenvalue weighted by Gasteiger charge is -2.21. The van der Waals surface area contributed by atoms with Gasteiger partial charge in [0.2, 0.25) is 0 Å². The van der Waals surface area contributed by atoms with Gasteiger partial charge in [0.25, 0.3) is 5.91 Å². The maximum atomic E-state index is 12.1. The molecule has 19 heavy (non-hydrogen) atoms. The smallest absolute Gasteiger partial charge is 0.251 e. The van der Waals surface area contributed by atoms with E-state index < -0.39 is 0 Å². The van der Waals surface area contributed by atoms with E-state index in [1.165, 1.54) is 25.7 Å². The zero-order chi connectivity index (χ0) is 13.4. The number of halogens is 1. The van der Waals surface area contributed by atoms with E-state index in [4.69, 9.17) is 17.3 Å². The molecular weight excluding hydrogens is 260 g/mol. The van der Waals surface area contributed by atoms with E-state index in [9.17, 15) is 4.79 Å². The second-order valence-electron chi connectivity index (χ2n) is 5.92. The molecule has 2 bridgehead atoms. The minimum absolute atomic E-state index is 0.0722. The molecule has 3 N–H and O–H groups in total. The van der Waals surface area contributed by atoms with Crippen molar-refractivity contribution in [2.24, 2.45) is 17.8 Å². The fraction of sp³-hybridized carbons (Fsp3) is 0.533. The van der Waals surface area contributed by atoms with Gasteiger partial charge in [0.15, 0.2) is 0 Å². The summed E-state index contributed by atoms with van der Waals surface area (Å²) in [6.45, 7) is 0.784. The van der Waals surface area contributed by atoms with Crippen molar-refractivity contribution in [1.29, 1.82) is 0 Å². The van der Waals surface area contributed by atoms with Gasteiger partial charge < -0.3 is 11.1 Å². The highest BCUT2D eigenvalue weighted by atomic mass is 35.5. The van der Waals surface area contributed by atoms with Crippen molar-refractivity contribution in [3.63, 3.8) is 0 Å². The van der Waals surface area contributed by atoms with Crippen LogP contribution in [-0.4, -0.2) is 12.5 Å². The van der Waals surface area contributed by atoms with Gasteiger partial charge in [-0.3, -0.25) is 4.79 Å². The fourth-order valence-electron chi connectivity index (χ4n) is 3.70. The Morgan fingerprint density at radius 1 is 1.32 bits per heavy atom. The van der Waals surface area contributed by atoms with Crippen LogP contribution in [0.15, 0.2) is 18.2 Å². The molecule has 3 atom stereocenters. The number of hydrogen-bond acceptors (Lipinski definition) is 2. The molecule has 3 rings (SSSR count). The Kier molecular flexibility index (Phi) is 3.40. The van der Waals surface area contributed by atoms with Gasteiger partial charge in [-0.25, -0.2) is 0 Å². The number of carbonyl (C=O) groups excluding carboxylic acids is 1. The Labute approximate surface area is 118 Å². The third-order valence-electron chi connectivity index (χ3n) is 4.59. The highest BCUT2D eigenvalue weighted by molar-refractivity contribution is 6.31. The van der Waals surface area contributed by atoms with Gasteiger partial charge in [-0.2, -0.15) is 0 Å². The molecule has 2 aliphatic carbocycles. The van der Waals surface area contributed by atoms with E-state index >= 15 is 0 Å².